The average molecular weight is 330 g/mol. The predicted octanol–water partition coefficient (Wildman–Crippen LogP) is 5.05. The fraction of sp³-hybridized carbons (Fsp3) is 0.0909. The normalized spacial score (nSPS) is 10.9. The van der Waals surface area contributed by atoms with Crippen molar-refractivity contribution in [2.45, 2.75) is 13.3 Å². The molecule has 0 fully saturated rings. The maximum Gasteiger partial charge on any atom is 0.336 e. The molecule has 3 heteroatoms. The number of hydrogen-bond acceptors (Lipinski definition) is 3. The van der Waals surface area contributed by atoms with Crippen molar-refractivity contribution in [1.82, 2.24) is 0 Å². The van der Waals surface area contributed by atoms with Crippen LogP contribution in [-0.2, 0) is 4.79 Å². The third-order valence-electron chi connectivity index (χ3n) is 3.94. The molecule has 3 aromatic rings. The van der Waals surface area contributed by atoms with Gasteiger partial charge in [-0.15, -0.1) is 0 Å². The smallest absolute Gasteiger partial charge is 0.336 e. The van der Waals surface area contributed by atoms with Crippen LogP contribution in [0.3, 0.4) is 0 Å². The second kappa shape index (κ2) is 7.58. The fourth-order valence-electron chi connectivity index (χ4n) is 2.62. The number of hydrogen-bond donors (Lipinski definition) is 0. The van der Waals surface area contributed by atoms with Crippen molar-refractivity contribution in [3.8, 4) is 5.75 Å². The van der Waals surface area contributed by atoms with Gasteiger partial charge in [0.15, 0.2) is 5.78 Å². The maximum absolute atomic E-state index is 12.0. The molecule has 0 saturated heterocycles. The number of ether oxygens (including phenoxy) is 1. The highest BCUT2D eigenvalue weighted by Crippen LogP contribution is 2.20. The van der Waals surface area contributed by atoms with Gasteiger partial charge in [0.1, 0.15) is 5.75 Å². The molecule has 0 saturated carbocycles. The van der Waals surface area contributed by atoms with Gasteiger partial charge in [-0.2, -0.15) is 0 Å². The summed E-state index contributed by atoms with van der Waals surface area (Å²) in [4.78, 5) is 23.6. The minimum Gasteiger partial charge on any atom is -0.423 e. The van der Waals surface area contributed by atoms with Crippen LogP contribution in [0.5, 0.6) is 5.75 Å². The Morgan fingerprint density at radius 2 is 1.64 bits per heavy atom. The molecule has 0 aromatic heterocycles. The van der Waals surface area contributed by atoms with E-state index in [1.165, 1.54) is 6.08 Å². The Bertz CT molecular complexity index is 932. The van der Waals surface area contributed by atoms with Gasteiger partial charge in [0.25, 0.3) is 0 Å². The molecule has 25 heavy (non-hydrogen) atoms. The number of ketones is 1. The van der Waals surface area contributed by atoms with Crippen LogP contribution in [0.1, 0.15) is 29.3 Å². The van der Waals surface area contributed by atoms with Gasteiger partial charge in [0.2, 0.25) is 0 Å². The molecule has 124 valence electrons. The second-order valence-corrected chi connectivity index (χ2v) is 5.62. The summed E-state index contributed by atoms with van der Waals surface area (Å²) in [5.41, 5.74) is 1.58. The van der Waals surface area contributed by atoms with E-state index in [2.05, 4.69) is 0 Å². The highest BCUT2D eigenvalue weighted by Gasteiger charge is 2.05. The Morgan fingerprint density at radius 3 is 2.40 bits per heavy atom. The summed E-state index contributed by atoms with van der Waals surface area (Å²) in [5, 5.41) is 2.20. The molecule has 0 radical (unpaired) electrons. The van der Waals surface area contributed by atoms with Crippen LogP contribution in [0.25, 0.3) is 16.8 Å². The lowest BCUT2D eigenvalue weighted by Crippen LogP contribution is -2.04. The van der Waals surface area contributed by atoms with Crippen molar-refractivity contribution in [3.05, 3.63) is 83.9 Å². The molecule has 0 heterocycles. The number of esters is 1. The highest BCUT2D eigenvalue weighted by molar-refractivity contribution is 5.96. The largest absolute Gasteiger partial charge is 0.423 e. The number of benzene rings is 3. The van der Waals surface area contributed by atoms with E-state index in [0.717, 1.165) is 16.3 Å². The van der Waals surface area contributed by atoms with Crippen molar-refractivity contribution in [2.75, 3.05) is 0 Å². The molecule has 0 aliphatic carbocycles. The SMILES string of the molecule is CCC(=O)c1ccc(OC(=O)/C=C/c2cccc3ccccc23)cc1. The molecule has 3 aromatic carbocycles. The lowest BCUT2D eigenvalue weighted by molar-refractivity contribution is -0.128. The van der Waals surface area contributed by atoms with E-state index in [9.17, 15) is 9.59 Å². The molecule has 0 unspecified atom stereocenters. The first kappa shape index (κ1) is 16.7. The van der Waals surface area contributed by atoms with Crippen LogP contribution in [0, 0.1) is 0 Å². The molecule has 0 N–H and O–H groups in total. The van der Waals surface area contributed by atoms with Crippen LogP contribution >= 0.6 is 0 Å². The monoisotopic (exact) mass is 330 g/mol. The molecule has 0 amide bonds. The summed E-state index contributed by atoms with van der Waals surface area (Å²) in [5.74, 6) is 0.0245. The molecular formula is C22H18O3. The van der Waals surface area contributed by atoms with E-state index in [1.54, 1.807) is 30.3 Å². The Labute approximate surface area is 146 Å². The Kier molecular flexibility index (Phi) is 5.05. The number of fused-ring (bicyclic) bond motifs is 1. The van der Waals surface area contributed by atoms with Crippen LogP contribution in [0.2, 0.25) is 0 Å². The van der Waals surface area contributed by atoms with Gasteiger partial charge >= 0.3 is 5.97 Å². The number of carbonyl (C=O) groups is 2. The van der Waals surface area contributed by atoms with E-state index in [0.29, 0.717) is 17.7 Å². The average Bonchev–Trinajstić information content (AvgIpc) is 2.66. The van der Waals surface area contributed by atoms with Crippen molar-refractivity contribution in [3.63, 3.8) is 0 Å². The molecule has 0 aliphatic heterocycles. The van der Waals surface area contributed by atoms with Gasteiger partial charge in [0, 0.05) is 18.1 Å². The summed E-state index contributed by atoms with van der Waals surface area (Å²) >= 11 is 0. The second-order valence-electron chi connectivity index (χ2n) is 5.62. The zero-order chi connectivity index (χ0) is 17.6. The number of Topliss-reactive ketones (excluding diaryl/α,β-unsaturated/α-hetero) is 1. The van der Waals surface area contributed by atoms with Crippen LogP contribution in [0.15, 0.2) is 72.8 Å². The minimum atomic E-state index is -0.456. The third kappa shape index (κ3) is 4.01. The first-order chi connectivity index (χ1) is 12.2. The van der Waals surface area contributed by atoms with E-state index >= 15 is 0 Å². The van der Waals surface area contributed by atoms with Gasteiger partial charge in [-0.3, -0.25) is 4.79 Å². The quantitative estimate of drug-likeness (QED) is 0.284. The first-order valence-electron chi connectivity index (χ1n) is 8.18. The Balaban J connectivity index is 1.71. The summed E-state index contributed by atoms with van der Waals surface area (Å²) in [6.45, 7) is 1.81. The predicted molar refractivity (Wildman–Crippen MR) is 99.7 cm³/mol. The van der Waals surface area contributed by atoms with Gasteiger partial charge in [-0.25, -0.2) is 4.79 Å². The minimum absolute atomic E-state index is 0.0636. The molecule has 0 spiro atoms. The van der Waals surface area contributed by atoms with Crippen molar-refractivity contribution in [1.29, 1.82) is 0 Å². The van der Waals surface area contributed by atoms with E-state index in [-0.39, 0.29) is 5.78 Å². The molecule has 0 bridgehead atoms. The fourth-order valence-corrected chi connectivity index (χ4v) is 2.62. The van der Waals surface area contributed by atoms with Gasteiger partial charge in [-0.05, 0) is 46.7 Å². The molecule has 0 atom stereocenters. The van der Waals surface area contributed by atoms with Gasteiger partial charge < -0.3 is 4.74 Å². The summed E-state index contributed by atoms with van der Waals surface area (Å²) in [6, 6.07) is 20.5. The van der Waals surface area contributed by atoms with E-state index in [1.807, 2.05) is 49.4 Å². The summed E-state index contributed by atoms with van der Waals surface area (Å²) in [6.07, 6.45) is 3.61. The van der Waals surface area contributed by atoms with Crippen molar-refractivity contribution >= 4 is 28.6 Å². The first-order valence-corrected chi connectivity index (χ1v) is 8.18. The molecule has 3 nitrogen and oxygen atoms in total. The topological polar surface area (TPSA) is 43.4 Å². The molecular weight excluding hydrogens is 312 g/mol. The van der Waals surface area contributed by atoms with Crippen LogP contribution < -0.4 is 4.74 Å². The Hall–Kier alpha value is -3.20. The standard InChI is InChI=1S/C22H18O3/c1-2-21(23)18-10-13-19(14-11-18)25-22(24)15-12-17-8-5-7-16-6-3-4-9-20(16)17/h3-15H,2H2,1H3/b15-12+. The molecule has 0 aliphatic rings. The summed E-state index contributed by atoms with van der Waals surface area (Å²) in [7, 11) is 0. The van der Waals surface area contributed by atoms with Gasteiger partial charge in [0.05, 0.1) is 0 Å². The number of carbonyl (C=O) groups excluding carboxylic acids is 2. The third-order valence-corrected chi connectivity index (χ3v) is 3.94. The number of rotatable bonds is 5. The zero-order valence-electron chi connectivity index (χ0n) is 13.9. The lowest BCUT2D eigenvalue weighted by Gasteiger charge is -2.03. The van der Waals surface area contributed by atoms with Gasteiger partial charge in [-0.1, -0.05) is 49.4 Å². The van der Waals surface area contributed by atoms with Crippen molar-refractivity contribution in [2.24, 2.45) is 0 Å². The molecule has 3 rings (SSSR count). The van der Waals surface area contributed by atoms with E-state index < -0.39 is 5.97 Å². The Morgan fingerprint density at radius 1 is 0.920 bits per heavy atom. The van der Waals surface area contributed by atoms with Crippen molar-refractivity contribution < 1.29 is 14.3 Å². The van der Waals surface area contributed by atoms with Crippen LogP contribution in [0.4, 0.5) is 0 Å². The maximum atomic E-state index is 12.0. The summed E-state index contributed by atoms with van der Waals surface area (Å²) < 4.78 is 5.28. The highest BCUT2D eigenvalue weighted by atomic mass is 16.5. The van der Waals surface area contributed by atoms with E-state index in [4.69, 9.17) is 4.74 Å². The zero-order valence-corrected chi connectivity index (χ0v) is 13.9. The lowest BCUT2D eigenvalue weighted by atomic mass is 10.0. The van der Waals surface area contributed by atoms with Crippen LogP contribution in [-0.4, -0.2) is 11.8 Å².